The fourth-order valence-electron chi connectivity index (χ4n) is 3.19. The third-order valence-electron chi connectivity index (χ3n) is 4.75. The number of hydrogen-bond donors (Lipinski definition) is 1. The number of nitrogens with one attached hydrogen (secondary N) is 1. The quantitative estimate of drug-likeness (QED) is 0.669. The van der Waals surface area contributed by atoms with Crippen molar-refractivity contribution in [3.63, 3.8) is 0 Å². The van der Waals surface area contributed by atoms with Crippen molar-refractivity contribution < 1.29 is 19.1 Å². The summed E-state index contributed by atoms with van der Waals surface area (Å²) in [4.78, 5) is 27.4. The Hall–Kier alpha value is -2.38. The van der Waals surface area contributed by atoms with Crippen molar-refractivity contribution in [3.8, 4) is 11.5 Å². The molecule has 0 spiro atoms. The van der Waals surface area contributed by atoms with Gasteiger partial charge in [-0.05, 0) is 42.7 Å². The van der Waals surface area contributed by atoms with E-state index in [1.54, 1.807) is 48.0 Å². The molecular formula is C22H25ClN2O4S. The largest absolute Gasteiger partial charge is 0.486 e. The summed E-state index contributed by atoms with van der Waals surface area (Å²) in [6.07, 6.45) is 2.20. The molecule has 1 aliphatic rings. The van der Waals surface area contributed by atoms with Gasteiger partial charge in [0.25, 0.3) is 5.91 Å². The van der Waals surface area contributed by atoms with Crippen LogP contribution in [0.25, 0.3) is 0 Å². The monoisotopic (exact) mass is 448 g/mol. The van der Waals surface area contributed by atoms with E-state index in [1.165, 1.54) is 0 Å². The number of thioether (sulfide) groups is 1. The summed E-state index contributed by atoms with van der Waals surface area (Å²) in [5.74, 6) is 1.57. The number of para-hydroxylation sites is 2. The highest BCUT2D eigenvalue weighted by molar-refractivity contribution is 7.98. The van der Waals surface area contributed by atoms with Crippen LogP contribution in [0.4, 0.5) is 0 Å². The minimum Gasteiger partial charge on any atom is -0.486 e. The zero-order chi connectivity index (χ0) is 21.5. The Morgan fingerprint density at radius 1 is 1.20 bits per heavy atom. The first-order valence-corrected chi connectivity index (χ1v) is 11.4. The predicted octanol–water partition coefficient (Wildman–Crippen LogP) is 3.49. The molecule has 2 aromatic carbocycles. The van der Waals surface area contributed by atoms with Crippen molar-refractivity contribution in [2.75, 3.05) is 32.2 Å². The van der Waals surface area contributed by atoms with Crippen LogP contribution in [0.1, 0.15) is 16.8 Å². The van der Waals surface area contributed by atoms with E-state index in [1.807, 2.05) is 30.5 Å². The lowest BCUT2D eigenvalue weighted by atomic mass is 10.1. The molecule has 0 radical (unpaired) electrons. The molecule has 30 heavy (non-hydrogen) atoms. The highest BCUT2D eigenvalue weighted by Crippen LogP contribution is 2.31. The number of amides is 2. The molecule has 3 rings (SSSR count). The van der Waals surface area contributed by atoms with Crippen molar-refractivity contribution in [3.05, 3.63) is 59.1 Å². The van der Waals surface area contributed by atoms with Gasteiger partial charge in [-0.1, -0.05) is 35.9 Å². The van der Waals surface area contributed by atoms with Gasteiger partial charge in [-0.2, -0.15) is 11.8 Å². The fraction of sp³-hybridized carbons (Fsp3) is 0.364. The predicted molar refractivity (Wildman–Crippen MR) is 120 cm³/mol. The molecular weight excluding hydrogens is 424 g/mol. The number of halogens is 1. The number of nitrogens with zero attached hydrogens (tertiary/aromatic N) is 1. The van der Waals surface area contributed by atoms with Crippen LogP contribution in [-0.4, -0.2) is 61.1 Å². The molecule has 0 saturated heterocycles. The fourth-order valence-corrected chi connectivity index (χ4v) is 3.88. The first-order chi connectivity index (χ1) is 14.5. The molecule has 0 saturated carbocycles. The minimum absolute atomic E-state index is 0.174. The van der Waals surface area contributed by atoms with Crippen molar-refractivity contribution in [1.29, 1.82) is 0 Å². The zero-order valence-corrected chi connectivity index (χ0v) is 18.5. The third kappa shape index (κ3) is 5.61. The van der Waals surface area contributed by atoms with Gasteiger partial charge in [-0.3, -0.25) is 9.59 Å². The maximum atomic E-state index is 13.1. The summed E-state index contributed by atoms with van der Waals surface area (Å²) in [6.45, 7) is 0.709. The van der Waals surface area contributed by atoms with Gasteiger partial charge in [0.2, 0.25) is 5.91 Å². The number of hydrogen-bond acceptors (Lipinski definition) is 5. The minimum atomic E-state index is -0.650. The molecule has 160 valence electrons. The van der Waals surface area contributed by atoms with Gasteiger partial charge in [0.1, 0.15) is 12.6 Å². The van der Waals surface area contributed by atoms with Crippen LogP contribution < -0.4 is 14.8 Å². The van der Waals surface area contributed by atoms with E-state index in [9.17, 15) is 9.59 Å². The summed E-state index contributed by atoms with van der Waals surface area (Å²) in [6, 6.07) is 13.6. The van der Waals surface area contributed by atoms with Gasteiger partial charge in [-0.15, -0.1) is 0 Å². The summed E-state index contributed by atoms with van der Waals surface area (Å²) < 4.78 is 11.7. The van der Waals surface area contributed by atoms with Gasteiger partial charge >= 0.3 is 0 Å². The molecule has 0 bridgehead atoms. The van der Waals surface area contributed by atoms with E-state index in [2.05, 4.69) is 5.32 Å². The first-order valence-electron chi connectivity index (χ1n) is 9.67. The highest BCUT2D eigenvalue weighted by atomic mass is 35.5. The van der Waals surface area contributed by atoms with Crippen LogP contribution in [0.5, 0.6) is 11.5 Å². The normalized spacial score (nSPS) is 15.9. The average Bonchev–Trinajstić information content (AvgIpc) is 2.76. The van der Waals surface area contributed by atoms with E-state index in [0.717, 1.165) is 5.75 Å². The van der Waals surface area contributed by atoms with E-state index in [-0.39, 0.29) is 17.9 Å². The van der Waals surface area contributed by atoms with E-state index < -0.39 is 6.04 Å². The van der Waals surface area contributed by atoms with Crippen LogP contribution >= 0.6 is 23.4 Å². The number of fused-ring (bicyclic) bond motifs is 1. The smallest absolute Gasteiger partial charge is 0.253 e. The Morgan fingerprint density at radius 2 is 1.90 bits per heavy atom. The van der Waals surface area contributed by atoms with Gasteiger partial charge < -0.3 is 19.7 Å². The van der Waals surface area contributed by atoms with Crippen LogP contribution in [0.3, 0.4) is 0 Å². The van der Waals surface area contributed by atoms with E-state index >= 15 is 0 Å². The van der Waals surface area contributed by atoms with Crippen LogP contribution in [0, 0.1) is 0 Å². The lowest BCUT2D eigenvalue weighted by molar-refractivity contribution is -0.133. The molecule has 1 N–H and O–H groups in total. The summed E-state index contributed by atoms with van der Waals surface area (Å²) in [5.41, 5.74) is 0.351. The zero-order valence-electron chi connectivity index (χ0n) is 17.0. The Labute approximate surface area is 185 Å². The highest BCUT2D eigenvalue weighted by Gasteiger charge is 2.28. The van der Waals surface area contributed by atoms with Gasteiger partial charge in [-0.25, -0.2) is 0 Å². The number of ether oxygens (including phenoxy) is 2. The summed E-state index contributed by atoms with van der Waals surface area (Å²) >= 11 is 7.75. The molecule has 1 heterocycles. The standard InChI is InChI=1S/C22H25ClN2O4S/c1-25(13-15-14-28-19-9-5-6-10-20(19)29-15)22(27)18(11-12-30-2)24-21(26)16-7-3-4-8-17(16)23/h3-10,15,18H,11-14H2,1-2H3,(H,24,26). The maximum absolute atomic E-state index is 13.1. The second-order valence-electron chi connectivity index (χ2n) is 7.00. The van der Waals surface area contributed by atoms with Crippen LogP contribution in [0.2, 0.25) is 5.02 Å². The second-order valence-corrected chi connectivity index (χ2v) is 8.40. The van der Waals surface area contributed by atoms with E-state index in [4.69, 9.17) is 21.1 Å². The Bertz CT molecular complexity index is 895. The van der Waals surface area contributed by atoms with Crippen LogP contribution in [-0.2, 0) is 4.79 Å². The number of rotatable bonds is 8. The molecule has 2 aromatic rings. The molecule has 0 fully saturated rings. The molecule has 8 heteroatoms. The Kier molecular flexibility index (Phi) is 7.87. The first kappa shape index (κ1) is 22.3. The number of carbonyl (C=O) groups excluding carboxylic acids is 2. The molecule has 0 aromatic heterocycles. The second kappa shape index (κ2) is 10.6. The number of carbonyl (C=O) groups is 2. The molecule has 6 nitrogen and oxygen atoms in total. The molecule has 2 atom stereocenters. The summed E-state index contributed by atoms with van der Waals surface area (Å²) in [5, 5.41) is 3.20. The van der Waals surface area contributed by atoms with E-state index in [0.29, 0.717) is 41.7 Å². The van der Waals surface area contributed by atoms with Crippen molar-refractivity contribution in [2.45, 2.75) is 18.6 Å². The van der Waals surface area contributed by atoms with Gasteiger partial charge in [0.05, 0.1) is 17.1 Å². The topological polar surface area (TPSA) is 67.9 Å². The third-order valence-corrected chi connectivity index (χ3v) is 5.73. The Balaban J connectivity index is 1.64. The lowest BCUT2D eigenvalue weighted by Gasteiger charge is -2.31. The van der Waals surface area contributed by atoms with Gasteiger partial charge in [0.15, 0.2) is 17.6 Å². The molecule has 2 unspecified atom stereocenters. The van der Waals surface area contributed by atoms with Crippen molar-refractivity contribution in [1.82, 2.24) is 10.2 Å². The molecule has 2 amide bonds. The number of benzene rings is 2. The maximum Gasteiger partial charge on any atom is 0.253 e. The average molecular weight is 449 g/mol. The number of likely N-dealkylation sites (N-methyl/N-ethyl adjacent to an activating group) is 1. The van der Waals surface area contributed by atoms with Crippen LogP contribution in [0.15, 0.2) is 48.5 Å². The lowest BCUT2D eigenvalue weighted by Crippen LogP contribution is -2.50. The SMILES string of the molecule is CSCCC(NC(=O)c1ccccc1Cl)C(=O)N(C)CC1COc2ccccc2O1. The Morgan fingerprint density at radius 3 is 2.63 bits per heavy atom. The van der Waals surface area contributed by atoms with Crippen molar-refractivity contribution in [2.24, 2.45) is 0 Å². The summed E-state index contributed by atoms with van der Waals surface area (Å²) in [7, 11) is 1.71. The van der Waals surface area contributed by atoms with Gasteiger partial charge in [0, 0.05) is 7.05 Å². The van der Waals surface area contributed by atoms with Crippen molar-refractivity contribution >= 4 is 35.2 Å². The molecule has 0 aliphatic carbocycles. The molecule has 1 aliphatic heterocycles.